The second kappa shape index (κ2) is 11.2. The average Bonchev–Trinajstić information content (AvgIpc) is 3.27. The summed E-state index contributed by atoms with van der Waals surface area (Å²) in [6.07, 6.45) is 3.81. The van der Waals surface area contributed by atoms with E-state index in [0.29, 0.717) is 12.1 Å². The fraction of sp³-hybridized carbons (Fsp3) is 0.360. The maximum Gasteiger partial charge on any atom is 0.253 e. The van der Waals surface area contributed by atoms with E-state index in [0.717, 1.165) is 42.6 Å². The smallest absolute Gasteiger partial charge is 0.253 e. The molecule has 0 spiro atoms. The van der Waals surface area contributed by atoms with Crippen LogP contribution in [-0.2, 0) is 16.4 Å². The van der Waals surface area contributed by atoms with E-state index in [4.69, 9.17) is 0 Å². The Labute approximate surface area is 196 Å². The van der Waals surface area contributed by atoms with Gasteiger partial charge in [0.2, 0.25) is 10.0 Å². The number of hydrogen-bond donors (Lipinski definition) is 2. The fourth-order valence-corrected chi connectivity index (χ4v) is 4.82. The highest BCUT2D eigenvalue weighted by molar-refractivity contribution is 7.89. The van der Waals surface area contributed by atoms with Crippen molar-refractivity contribution >= 4 is 15.9 Å². The van der Waals surface area contributed by atoms with Gasteiger partial charge in [-0.1, -0.05) is 36.8 Å². The van der Waals surface area contributed by atoms with Crippen molar-refractivity contribution in [3.8, 4) is 11.3 Å². The quantitative estimate of drug-likeness (QED) is 0.411. The minimum absolute atomic E-state index is 0.114. The second-order valence-electron chi connectivity index (χ2n) is 8.48. The standard InChI is InChI=1S/C25H32N4O3S/c1-19(2)28-33(31,32)23-15-13-21(14-16-23)25(30)29(3)17-9-5-8-12-22-18-24(27-26-22)20-10-6-4-7-11-20/h4,6-7,10-11,13-16,18-19,28H,5,8-9,12,17H2,1-3H3,(H,26,27). The van der Waals surface area contributed by atoms with Gasteiger partial charge in [-0.15, -0.1) is 0 Å². The minimum Gasteiger partial charge on any atom is -0.342 e. The van der Waals surface area contributed by atoms with Crippen molar-refractivity contribution in [1.82, 2.24) is 19.8 Å². The van der Waals surface area contributed by atoms with Crippen LogP contribution in [0.4, 0.5) is 0 Å². The Hall–Kier alpha value is -2.97. The number of benzene rings is 2. The third kappa shape index (κ3) is 7.00. The molecule has 33 heavy (non-hydrogen) atoms. The van der Waals surface area contributed by atoms with Gasteiger partial charge in [-0.2, -0.15) is 5.10 Å². The number of hydrogen-bond acceptors (Lipinski definition) is 4. The zero-order valence-electron chi connectivity index (χ0n) is 19.4. The van der Waals surface area contributed by atoms with Crippen LogP contribution >= 0.6 is 0 Å². The summed E-state index contributed by atoms with van der Waals surface area (Å²) in [6.45, 7) is 4.18. The zero-order valence-corrected chi connectivity index (χ0v) is 20.2. The first kappa shape index (κ1) is 24.7. The zero-order chi connectivity index (χ0) is 23.8. The van der Waals surface area contributed by atoms with Crippen molar-refractivity contribution in [3.05, 3.63) is 71.9 Å². The molecule has 0 aliphatic carbocycles. The Bertz CT molecular complexity index is 1140. The third-order valence-corrected chi connectivity index (χ3v) is 6.96. The Morgan fingerprint density at radius 2 is 1.73 bits per heavy atom. The Morgan fingerprint density at radius 1 is 1.03 bits per heavy atom. The van der Waals surface area contributed by atoms with Gasteiger partial charge < -0.3 is 4.90 Å². The van der Waals surface area contributed by atoms with Crippen LogP contribution in [0.5, 0.6) is 0 Å². The van der Waals surface area contributed by atoms with E-state index in [1.165, 1.54) is 12.1 Å². The normalized spacial score (nSPS) is 11.6. The van der Waals surface area contributed by atoms with Gasteiger partial charge in [0.15, 0.2) is 0 Å². The van der Waals surface area contributed by atoms with E-state index in [9.17, 15) is 13.2 Å². The molecule has 0 atom stereocenters. The maximum atomic E-state index is 12.7. The van der Waals surface area contributed by atoms with Gasteiger partial charge in [0.25, 0.3) is 5.91 Å². The van der Waals surface area contributed by atoms with Crippen LogP contribution in [0.25, 0.3) is 11.3 Å². The lowest BCUT2D eigenvalue weighted by Crippen LogP contribution is -2.30. The molecule has 2 N–H and O–H groups in total. The lowest BCUT2D eigenvalue weighted by molar-refractivity contribution is 0.0792. The average molecular weight is 469 g/mol. The number of amides is 1. The van der Waals surface area contributed by atoms with Crippen molar-refractivity contribution in [3.63, 3.8) is 0 Å². The summed E-state index contributed by atoms with van der Waals surface area (Å²) >= 11 is 0. The Morgan fingerprint density at radius 3 is 2.39 bits per heavy atom. The number of carbonyl (C=O) groups excluding carboxylic acids is 1. The van der Waals surface area contributed by atoms with Crippen molar-refractivity contribution in [2.45, 2.75) is 50.5 Å². The van der Waals surface area contributed by atoms with E-state index in [2.05, 4.69) is 21.0 Å². The molecule has 2 aromatic carbocycles. The second-order valence-corrected chi connectivity index (χ2v) is 10.2. The van der Waals surface area contributed by atoms with Gasteiger partial charge in [-0.05, 0) is 63.4 Å². The molecule has 1 amide bonds. The number of carbonyl (C=O) groups is 1. The summed E-state index contributed by atoms with van der Waals surface area (Å²) in [7, 11) is -1.79. The number of aryl methyl sites for hydroxylation is 1. The highest BCUT2D eigenvalue weighted by atomic mass is 32.2. The molecular weight excluding hydrogens is 436 g/mol. The molecule has 0 saturated heterocycles. The summed E-state index contributed by atoms with van der Waals surface area (Å²) < 4.78 is 27.0. The monoisotopic (exact) mass is 468 g/mol. The lowest BCUT2D eigenvalue weighted by atomic mass is 10.1. The molecule has 1 aromatic heterocycles. The summed E-state index contributed by atoms with van der Waals surface area (Å²) in [5.74, 6) is -0.114. The molecule has 7 nitrogen and oxygen atoms in total. The highest BCUT2D eigenvalue weighted by Crippen LogP contribution is 2.18. The molecule has 3 aromatic rings. The van der Waals surface area contributed by atoms with Gasteiger partial charge in [-0.25, -0.2) is 13.1 Å². The van der Waals surface area contributed by atoms with Crippen LogP contribution in [0, 0.1) is 0 Å². The van der Waals surface area contributed by atoms with Crippen LogP contribution in [-0.4, -0.2) is 49.1 Å². The van der Waals surface area contributed by atoms with Crippen molar-refractivity contribution < 1.29 is 13.2 Å². The van der Waals surface area contributed by atoms with E-state index < -0.39 is 10.0 Å². The predicted octanol–water partition coefficient (Wildman–Crippen LogP) is 4.25. The molecule has 0 unspecified atom stereocenters. The molecular formula is C25H32N4O3S. The number of nitrogens with one attached hydrogen (secondary N) is 2. The Balaban J connectivity index is 1.42. The Kier molecular flexibility index (Phi) is 8.41. The number of nitrogens with zero attached hydrogens (tertiary/aromatic N) is 2. The predicted molar refractivity (Wildman–Crippen MR) is 130 cm³/mol. The van der Waals surface area contributed by atoms with E-state index >= 15 is 0 Å². The van der Waals surface area contributed by atoms with Gasteiger partial charge in [0.1, 0.15) is 0 Å². The van der Waals surface area contributed by atoms with Crippen LogP contribution in [0.2, 0.25) is 0 Å². The molecule has 0 radical (unpaired) electrons. The van der Waals surface area contributed by atoms with Crippen LogP contribution in [0.3, 0.4) is 0 Å². The molecule has 0 aliphatic heterocycles. The number of unbranched alkanes of at least 4 members (excludes halogenated alkanes) is 2. The summed E-state index contributed by atoms with van der Waals surface area (Å²) in [5, 5.41) is 7.49. The first-order valence-corrected chi connectivity index (χ1v) is 12.7. The molecule has 8 heteroatoms. The molecule has 0 aliphatic rings. The number of rotatable bonds is 11. The van der Waals surface area contributed by atoms with E-state index in [1.54, 1.807) is 37.9 Å². The van der Waals surface area contributed by atoms with E-state index in [1.807, 2.05) is 30.3 Å². The van der Waals surface area contributed by atoms with Crippen LogP contribution in [0.1, 0.15) is 49.2 Å². The summed E-state index contributed by atoms with van der Waals surface area (Å²) in [6, 6.07) is 18.1. The number of sulfonamides is 1. The van der Waals surface area contributed by atoms with E-state index in [-0.39, 0.29) is 16.8 Å². The molecule has 0 fully saturated rings. The summed E-state index contributed by atoms with van der Waals surface area (Å²) in [4.78, 5) is 14.5. The van der Waals surface area contributed by atoms with Crippen LogP contribution in [0.15, 0.2) is 65.6 Å². The van der Waals surface area contributed by atoms with Crippen molar-refractivity contribution in [2.75, 3.05) is 13.6 Å². The lowest BCUT2D eigenvalue weighted by Gasteiger charge is -2.17. The molecule has 0 saturated carbocycles. The van der Waals surface area contributed by atoms with Gasteiger partial charge >= 0.3 is 0 Å². The van der Waals surface area contributed by atoms with Gasteiger partial charge in [-0.3, -0.25) is 9.89 Å². The number of aromatic nitrogens is 2. The molecule has 1 heterocycles. The maximum absolute atomic E-state index is 12.7. The first-order chi connectivity index (χ1) is 15.8. The van der Waals surface area contributed by atoms with Gasteiger partial charge in [0, 0.05) is 36.5 Å². The van der Waals surface area contributed by atoms with Crippen molar-refractivity contribution in [1.29, 1.82) is 0 Å². The molecule has 3 rings (SSSR count). The molecule has 176 valence electrons. The number of H-pyrrole nitrogens is 1. The minimum atomic E-state index is -3.56. The highest BCUT2D eigenvalue weighted by Gasteiger charge is 2.17. The van der Waals surface area contributed by atoms with Crippen LogP contribution < -0.4 is 4.72 Å². The third-order valence-electron chi connectivity index (χ3n) is 5.29. The van der Waals surface area contributed by atoms with Gasteiger partial charge in [0.05, 0.1) is 10.6 Å². The molecule has 0 bridgehead atoms. The SMILES string of the molecule is CC(C)NS(=O)(=O)c1ccc(C(=O)N(C)CCCCCc2cc(-c3ccccc3)n[nH]2)cc1. The topological polar surface area (TPSA) is 95.2 Å². The number of aromatic amines is 1. The fourth-order valence-electron chi connectivity index (χ4n) is 3.56. The first-order valence-electron chi connectivity index (χ1n) is 11.2. The largest absolute Gasteiger partial charge is 0.342 e. The van der Waals surface area contributed by atoms with Crippen molar-refractivity contribution in [2.24, 2.45) is 0 Å². The summed E-state index contributed by atoms with van der Waals surface area (Å²) in [5.41, 5.74) is 3.64.